The average Bonchev–Trinajstić information content (AvgIpc) is 3.38. The van der Waals surface area contributed by atoms with Gasteiger partial charge in [0.15, 0.2) is 17.4 Å². The zero-order valence-corrected chi connectivity index (χ0v) is 22.1. The molecule has 0 bridgehead atoms. The van der Waals surface area contributed by atoms with Gasteiger partial charge >= 0.3 is 0 Å². The van der Waals surface area contributed by atoms with Crippen molar-refractivity contribution in [3.63, 3.8) is 0 Å². The van der Waals surface area contributed by atoms with Crippen LogP contribution < -0.4 is 10.1 Å². The number of hydrogen-bond acceptors (Lipinski definition) is 7. The molecule has 206 valence electrons. The van der Waals surface area contributed by atoms with E-state index in [4.69, 9.17) is 4.74 Å². The highest BCUT2D eigenvalue weighted by Crippen LogP contribution is 2.30. The number of nitrogens with zero attached hydrogens (tertiary/aromatic N) is 5. The van der Waals surface area contributed by atoms with Crippen LogP contribution in [-0.4, -0.2) is 72.8 Å². The molecule has 3 heterocycles. The lowest BCUT2D eigenvalue weighted by Gasteiger charge is -2.49. The van der Waals surface area contributed by atoms with Gasteiger partial charge < -0.3 is 19.9 Å². The summed E-state index contributed by atoms with van der Waals surface area (Å²) in [5.74, 6) is -1.75. The predicted molar refractivity (Wildman–Crippen MR) is 138 cm³/mol. The van der Waals surface area contributed by atoms with Gasteiger partial charge in [0.05, 0.1) is 36.0 Å². The molecule has 2 aliphatic rings. The van der Waals surface area contributed by atoms with E-state index in [1.807, 2.05) is 25.7 Å². The van der Waals surface area contributed by atoms with E-state index in [0.29, 0.717) is 32.1 Å². The Hall–Kier alpha value is -3.93. The molecular weight excluding hydrogens is 508 g/mol. The first-order valence-electron chi connectivity index (χ1n) is 12.9. The van der Waals surface area contributed by atoms with E-state index in [1.165, 1.54) is 12.4 Å². The molecule has 1 saturated heterocycles. The maximum atomic E-state index is 13.8. The first kappa shape index (κ1) is 26.7. The van der Waals surface area contributed by atoms with Crippen LogP contribution in [0.1, 0.15) is 38.6 Å². The van der Waals surface area contributed by atoms with Gasteiger partial charge in [0.25, 0.3) is 0 Å². The predicted octanol–water partition coefficient (Wildman–Crippen LogP) is 3.33. The van der Waals surface area contributed by atoms with Gasteiger partial charge in [-0.2, -0.15) is 0 Å². The van der Waals surface area contributed by atoms with Gasteiger partial charge in [-0.3, -0.25) is 14.5 Å². The Morgan fingerprint density at radius 2 is 2.00 bits per heavy atom. The van der Waals surface area contributed by atoms with E-state index in [-0.39, 0.29) is 35.2 Å². The Morgan fingerprint density at radius 3 is 2.72 bits per heavy atom. The number of benzene rings is 1. The van der Waals surface area contributed by atoms with Crippen molar-refractivity contribution in [1.29, 1.82) is 0 Å². The molecule has 1 aliphatic carbocycles. The Bertz CT molecular complexity index is 1360. The van der Waals surface area contributed by atoms with Crippen LogP contribution in [0.25, 0.3) is 0 Å². The van der Waals surface area contributed by atoms with Gasteiger partial charge in [-0.1, -0.05) is 0 Å². The summed E-state index contributed by atoms with van der Waals surface area (Å²) in [4.78, 5) is 46.1. The molecule has 2 atom stereocenters. The summed E-state index contributed by atoms with van der Waals surface area (Å²) >= 11 is 0. The molecule has 3 aromatic rings. The molecule has 2 amide bonds. The lowest BCUT2D eigenvalue weighted by Crippen LogP contribution is -2.64. The molecule has 39 heavy (non-hydrogen) atoms. The fourth-order valence-electron chi connectivity index (χ4n) is 5.26. The summed E-state index contributed by atoms with van der Waals surface area (Å²) in [6.45, 7) is 7.50. The summed E-state index contributed by atoms with van der Waals surface area (Å²) in [6.07, 6.45) is 6.50. The van der Waals surface area contributed by atoms with Crippen molar-refractivity contribution in [2.45, 2.75) is 51.6 Å². The third-order valence-electron chi connectivity index (χ3n) is 7.45. The van der Waals surface area contributed by atoms with Crippen LogP contribution in [0.3, 0.4) is 0 Å². The SMILES string of the molecule is C[C@@H](C(=O)Nc1cnc(Oc2ccc(F)cc2F)cn1)N1CCN(C(=O)[C@@H]2CCc3nc[nH]c3C2)C(C)(C)C1. The molecule has 5 rings (SSSR count). The monoisotopic (exact) mass is 539 g/mol. The molecule has 0 spiro atoms. The lowest BCUT2D eigenvalue weighted by molar-refractivity contribution is -0.146. The highest BCUT2D eigenvalue weighted by Gasteiger charge is 2.42. The van der Waals surface area contributed by atoms with Crippen molar-refractivity contribution in [1.82, 2.24) is 29.7 Å². The number of H-pyrrole nitrogens is 1. The largest absolute Gasteiger partial charge is 0.434 e. The number of carbonyl (C=O) groups is 2. The number of aryl methyl sites for hydroxylation is 1. The van der Waals surface area contributed by atoms with Crippen molar-refractivity contribution >= 4 is 17.6 Å². The number of amides is 2. The molecule has 0 unspecified atom stereocenters. The van der Waals surface area contributed by atoms with Crippen LogP contribution in [0.15, 0.2) is 36.9 Å². The van der Waals surface area contributed by atoms with Gasteiger partial charge in [-0.05, 0) is 45.7 Å². The van der Waals surface area contributed by atoms with Gasteiger partial charge in [-0.25, -0.2) is 23.7 Å². The molecule has 10 nitrogen and oxygen atoms in total. The van der Waals surface area contributed by atoms with Crippen LogP contribution in [0.5, 0.6) is 11.6 Å². The number of ether oxygens (including phenoxy) is 1. The minimum absolute atomic E-state index is 0.00388. The first-order valence-corrected chi connectivity index (χ1v) is 12.9. The maximum absolute atomic E-state index is 13.8. The van der Waals surface area contributed by atoms with Crippen molar-refractivity contribution in [3.8, 4) is 11.6 Å². The van der Waals surface area contributed by atoms with Crippen LogP contribution in [0.2, 0.25) is 0 Å². The number of fused-ring (bicyclic) bond motifs is 1. The molecule has 2 aromatic heterocycles. The minimum Gasteiger partial charge on any atom is -0.434 e. The standard InChI is InChI=1S/C27H31F2N7O3/c1-16(25(37)34-23-12-31-24(13-30-23)39-22-7-5-18(28)11-19(22)29)35-8-9-36(27(2,3)14-35)26(38)17-4-6-20-21(10-17)33-15-32-20/h5,7,11-13,15-17H,4,6,8-10,14H2,1-3H3,(H,32,33)(H,30,34,37)/t16-,17+/m0/s1. The molecule has 1 fully saturated rings. The van der Waals surface area contributed by atoms with Crippen molar-refractivity contribution in [3.05, 3.63) is 59.9 Å². The number of halogens is 2. The van der Waals surface area contributed by atoms with E-state index in [2.05, 4.69) is 30.2 Å². The molecule has 1 aliphatic heterocycles. The number of rotatable bonds is 6. The van der Waals surface area contributed by atoms with Crippen LogP contribution in [-0.2, 0) is 22.4 Å². The number of piperazine rings is 1. The first-order chi connectivity index (χ1) is 18.6. The Kier molecular flexibility index (Phi) is 7.30. The number of hydrogen-bond donors (Lipinski definition) is 2. The molecule has 0 radical (unpaired) electrons. The van der Waals surface area contributed by atoms with Crippen LogP contribution in [0.4, 0.5) is 14.6 Å². The highest BCUT2D eigenvalue weighted by atomic mass is 19.1. The van der Waals surface area contributed by atoms with E-state index in [9.17, 15) is 18.4 Å². The molecule has 12 heteroatoms. The third-order valence-corrected chi connectivity index (χ3v) is 7.45. The Balaban J connectivity index is 1.16. The topological polar surface area (TPSA) is 116 Å². The quantitative estimate of drug-likeness (QED) is 0.494. The third kappa shape index (κ3) is 5.75. The molecule has 0 saturated carbocycles. The van der Waals surface area contributed by atoms with Crippen molar-refractivity contribution in [2.24, 2.45) is 5.92 Å². The second-order valence-corrected chi connectivity index (χ2v) is 10.6. The minimum atomic E-state index is -0.863. The number of carbonyl (C=O) groups excluding carboxylic acids is 2. The smallest absolute Gasteiger partial charge is 0.242 e. The zero-order chi connectivity index (χ0) is 27.7. The van der Waals surface area contributed by atoms with Gasteiger partial charge in [-0.15, -0.1) is 0 Å². The van der Waals surface area contributed by atoms with Gasteiger partial charge in [0.1, 0.15) is 5.82 Å². The Labute approximate surface area is 224 Å². The summed E-state index contributed by atoms with van der Waals surface area (Å²) in [5.41, 5.74) is 1.65. The average molecular weight is 540 g/mol. The highest BCUT2D eigenvalue weighted by molar-refractivity contribution is 5.93. The van der Waals surface area contributed by atoms with Crippen molar-refractivity contribution in [2.75, 3.05) is 25.0 Å². The fraction of sp³-hybridized carbons (Fsp3) is 0.444. The number of imidazole rings is 1. The molecular formula is C27H31F2N7O3. The molecule has 2 N–H and O–H groups in total. The van der Waals surface area contributed by atoms with Crippen LogP contribution >= 0.6 is 0 Å². The van der Waals surface area contributed by atoms with Crippen LogP contribution in [0, 0.1) is 17.6 Å². The second-order valence-electron chi connectivity index (χ2n) is 10.6. The van der Waals surface area contributed by atoms with E-state index in [1.54, 1.807) is 6.33 Å². The summed E-state index contributed by atoms with van der Waals surface area (Å²) in [5, 5.41) is 2.75. The zero-order valence-electron chi connectivity index (χ0n) is 22.1. The van der Waals surface area contributed by atoms with E-state index >= 15 is 0 Å². The second kappa shape index (κ2) is 10.7. The maximum Gasteiger partial charge on any atom is 0.242 e. The van der Waals surface area contributed by atoms with Gasteiger partial charge in [0.2, 0.25) is 17.7 Å². The lowest BCUT2D eigenvalue weighted by atomic mass is 9.86. The number of nitrogens with one attached hydrogen (secondary N) is 2. The molecule has 1 aromatic carbocycles. The Morgan fingerprint density at radius 1 is 1.18 bits per heavy atom. The van der Waals surface area contributed by atoms with Crippen molar-refractivity contribution < 1.29 is 23.1 Å². The number of anilines is 1. The normalized spacial score (nSPS) is 19.7. The fourth-order valence-corrected chi connectivity index (χ4v) is 5.26. The van der Waals surface area contributed by atoms with E-state index < -0.39 is 23.2 Å². The summed E-state index contributed by atoms with van der Waals surface area (Å²) in [6, 6.07) is 2.46. The van der Waals surface area contributed by atoms with E-state index in [0.717, 1.165) is 36.4 Å². The summed E-state index contributed by atoms with van der Waals surface area (Å²) in [7, 11) is 0. The van der Waals surface area contributed by atoms with Gasteiger partial charge in [0, 0.05) is 43.7 Å². The number of aromatic amines is 1. The summed E-state index contributed by atoms with van der Waals surface area (Å²) < 4.78 is 32.2. The number of aromatic nitrogens is 4.